The van der Waals surface area contributed by atoms with Crippen LogP contribution in [-0.2, 0) is 17.8 Å². The van der Waals surface area contributed by atoms with Crippen LogP contribution in [-0.4, -0.2) is 55.0 Å². The predicted molar refractivity (Wildman–Crippen MR) is 144 cm³/mol. The first-order chi connectivity index (χ1) is 17.4. The van der Waals surface area contributed by atoms with Gasteiger partial charge in [0.25, 0.3) is 5.91 Å². The topological polar surface area (TPSA) is 59.1 Å². The minimum absolute atomic E-state index is 0.000234. The zero-order chi connectivity index (χ0) is 25.7. The second-order valence-electron chi connectivity index (χ2n) is 8.62. The fraction of sp³-hybridized carbons (Fsp3) is 0.333. The highest BCUT2D eigenvalue weighted by atomic mass is 35.5. The van der Waals surface area contributed by atoms with Gasteiger partial charge in [-0.25, -0.2) is 0 Å². The lowest BCUT2D eigenvalue weighted by molar-refractivity contribution is -0.132. The smallest absolute Gasteiger partial charge is 0.256 e. The first-order valence-corrected chi connectivity index (χ1v) is 13.3. The molecule has 1 aromatic heterocycles. The molecule has 3 aromatic rings. The Kier molecular flexibility index (Phi) is 8.77. The molecule has 9 heteroatoms. The summed E-state index contributed by atoms with van der Waals surface area (Å²) in [4.78, 5) is 31.5. The Morgan fingerprint density at radius 2 is 1.81 bits per heavy atom. The van der Waals surface area contributed by atoms with E-state index in [-0.39, 0.29) is 29.4 Å². The normalized spacial score (nSPS) is 12.8. The van der Waals surface area contributed by atoms with Crippen molar-refractivity contribution < 1.29 is 19.1 Å². The van der Waals surface area contributed by atoms with Crippen molar-refractivity contribution >= 4 is 46.4 Å². The number of thiophene rings is 1. The van der Waals surface area contributed by atoms with Crippen LogP contribution in [0.25, 0.3) is 0 Å². The van der Waals surface area contributed by atoms with E-state index in [9.17, 15) is 9.59 Å². The van der Waals surface area contributed by atoms with Crippen LogP contribution in [0.1, 0.15) is 33.6 Å². The number of methoxy groups -OCH3 is 2. The molecule has 0 spiro atoms. The Hall–Kier alpha value is -2.74. The van der Waals surface area contributed by atoms with Gasteiger partial charge < -0.3 is 19.3 Å². The largest absolute Gasteiger partial charge is 0.493 e. The molecule has 190 valence electrons. The number of benzene rings is 2. The van der Waals surface area contributed by atoms with Gasteiger partial charge in [-0.2, -0.15) is 0 Å². The molecule has 1 aliphatic carbocycles. The van der Waals surface area contributed by atoms with Crippen LogP contribution in [0.4, 0.5) is 0 Å². The highest BCUT2D eigenvalue weighted by Gasteiger charge is 2.36. The van der Waals surface area contributed by atoms with Crippen molar-refractivity contribution in [3.05, 3.63) is 80.0 Å². The van der Waals surface area contributed by atoms with Crippen molar-refractivity contribution in [2.45, 2.75) is 31.8 Å². The van der Waals surface area contributed by atoms with E-state index in [0.717, 1.165) is 23.3 Å². The summed E-state index contributed by atoms with van der Waals surface area (Å²) in [5, 5.41) is 2.74. The average Bonchev–Trinajstić information content (AvgIpc) is 3.59. The Morgan fingerprint density at radius 1 is 1.03 bits per heavy atom. The molecule has 0 N–H and O–H groups in total. The first kappa shape index (κ1) is 26.3. The van der Waals surface area contributed by atoms with E-state index >= 15 is 0 Å². The van der Waals surface area contributed by atoms with Gasteiger partial charge in [0.15, 0.2) is 11.5 Å². The second kappa shape index (κ2) is 12.0. The van der Waals surface area contributed by atoms with Crippen LogP contribution in [0.2, 0.25) is 10.0 Å². The van der Waals surface area contributed by atoms with Gasteiger partial charge in [0.1, 0.15) is 6.54 Å². The van der Waals surface area contributed by atoms with Crippen molar-refractivity contribution in [3.8, 4) is 11.5 Å². The first-order valence-electron chi connectivity index (χ1n) is 11.7. The molecule has 1 saturated carbocycles. The quantitative estimate of drug-likeness (QED) is 0.298. The summed E-state index contributed by atoms with van der Waals surface area (Å²) in [6.07, 6.45) is 2.39. The molecule has 36 heavy (non-hydrogen) atoms. The molecular formula is C27H28Cl2N2O4S. The standard InChI is InChI=1S/C27H28Cl2N2O4S/c1-34-24-10-5-18(14-25(24)35-2)11-12-30(16-21-4-3-13-36-21)26(32)17-31(20-7-8-20)27(33)22-9-6-19(28)15-23(22)29/h3-6,9-10,13-15,20H,7-8,11-12,16-17H2,1-2H3. The lowest BCUT2D eigenvalue weighted by atomic mass is 10.1. The predicted octanol–water partition coefficient (Wildman–Crippen LogP) is 5.95. The fourth-order valence-electron chi connectivity index (χ4n) is 4.00. The summed E-state index contributed by atoms with van der Waals surface area (Å²) < 4.78 is 10.7. The van der Waals surface area contributed by atoms with Gasteiger partial charge in [-0.3, -0.25) is 9.59 Å². The summed E-state index contributed by atoms with van der Waals surface area (Å²) in [6, 6.07) is 14.6. The molecule has 2 aromatic carbocycles. The van der Waals surface area contributed by atoms with Gasteiger partial charge in [-0.05, 0) is 66.6 Å². The van der Waals surface area contributed by atoms with Gasteiger partial charge in [-0.1, -0.05) is 35.3 Å². The third-order valence-electron chi connectivity index (χ3n) is 6.11. The fourth-order valence-corrected chi connectivity index (χ4v) is 5.21. The molecule has 0 unspecified atom stereocenters. The van der Waals surface area contributed by atoms with E-state index in [4.69, 9.17) is 32.7 Å². The van der Waals surface area contributed by atoms with Crippen molar-refractivity contribution in [2.75, 3.05) is 27.3 Å². The minimum Gasteiger partial charge on any atom is -0.493 e. The van der Waals surface area contributed by atoms with Crippen molar-refractivity contribution in [3.63, 3.8) is 0 Å². The summed E-state index contributed by atoms with van der Waals surface area (Å²) in [5.74, 6) is 0.960. The molecule has 0 aliphatic heterocycles. The number of rotatable bonds is 11. The zero-order valence-electron chi connectivity index (χ0n) is 20.2. The second-order valence-corrected chi connectivity index (χ2v) is 10.5. The molecule has 4 rings (SSSR count). The molecule has 0 atom stereocenters. The molecule has 6 nitrogen and oxygen atoms in total. The van der Waals surface area contributed by atoms with Crippen LogP contribution in [0.15, 0.2) is 53.9 Å². The van der Waals surface area contributed by atoms with Gasteiger partial charge in [0.05, 0.1) is 31.4 Å². The van der Waals surface area contributed by atoms with Crippen LogP contribution in [0.3, 0.4) is 0 Å². The lowest BCUT2D eigenvalue weighted by Crippen LogP contribution is -2.44. The summed E-state index contributed by atoms with van der Waals surface area (Å²) in [5.41, 5.74) is 1.38. The number of nitrogens with zero attached hydrogens (tertiary/aromatic N) is 2. The number of amides is 2. The van der Waals surface area contributed by atoms with Crippen molar-refractivity contribution in [1.82, 2.24) is 9.80 Å². The number of carbonyl (C=O) groups is 2. The molecule has 0 bridgehead atoms. The summed E-state index contributed by atoms with van der Waals surface area (Å²) in [6.45, 7) is 0.985. The van der Waals surface area contributed by atoms with E-state index in [1.807, 2.05) is 40.6 Å². The highest BCUT2D eigenvalue weighted by molar-refractivity contribution is 7.09. The Morgan fingerprint density at radius 3 is 2.44 bits per heavy atom. The SMILES string of the molecule is COc1ccc(CCN(Cc2cccs2)C(=O)CN(C(=O)c2ccc(Cl)cc2Cl)C2CC2)cc1OC. The van der Waals surface area contributed by atoms with Crippen LogP contribution < -0.4 is 9.47 Å². The number of ether oxygens (including phenoxy) is 2. The van der Waals surface area contributed by atoms with E-state index in [1.54, 1.807) is 48.7 Å². The van der Waals surface area contributed by atoms with E-state index in [2.05, 4.69) is 0 Å². The highest BCUT2D eigenvalue weighted by Crippen LogP contribution is 2.31. The minimum atomic E-state index is -0.247. The van der Waals surface area contributed by atoms with E-state index < -0.39 is 0 Å². The van der Waals surface area contributed by atoms with Crippen LogP contribution in [0, 0.1) is 0 Å². The maximum Gasteiger partial charge on any atom is 0.256 e. The molecular weight excluding hydrogens is 519 g/mol. The van der Waals surface area contributed by atoms with Crippen molar-refractivity contribution in [2.24, 2.45) is 0 Å². The summed E-state index contributed by atoms with van der Waals surface area (Å²) >= 11 is 13.9. The Bertz CT molecular complexity index is 1210. The van der Waals surface area contributed by atoms with Gasteiger partial charge in [-0.15, -0.1) is 11.3 Å². The van der Waals surface area contributed by atoms with Gasteiger partial charge >= 0.3 is 0 Å². The Labute approximate surface area is 225 Å². The zero-order valence-corrected chi connectivity index (χ0v) is 22.5. The van der Waals surface area contributed by atoms with E-state index in [1.165, 1.54) is 0 Å². The number of carbonyl (C=O) groups excluding carboxylic acids is 2. The molecule has 2 amide bonds. The molecule has 1 fully saturated rings. The number of hydrogen-bond donors (Lipinski definition) is 0. The maximum atomic E-state index is 13.6. The Balaban J connectivity index is 1.50. The van der Waals surface area contributed by atoms with Gasteiger partial charge in [0.2, 0.25) is 5.91 Å². The lowest BCUT2D eigenvalue weighted by Gasteiger charge is -2.28. The molecule has 1 aliphatic rings. The molecule has 1 heterocycles. The van der Waals surface area contributed by atoms with Crippen LogP contribution >= 0.6 is 34.5 Å². The maximum absolute atomic E-state index is 13.6. The number of hydrogen-bond acceptors (Lipinski definition) is 5. The van der Waals surface area contributed by atoms with E-state index in [0.29, 0.717) is 41.6 Å². The van der Waals surface area contributed by atoms with Crippen LogP contribution in [0.5, 0.6) is 11.5 Å². The third-order valence-corrected chi connectivity index (χ3v) is 7.52. The van der Waals surface area contributed by atoms with Gasteiger partial charge in [0, 0.05) is 22.5 Å². The monoisotopic (exact) mass is 546 g/mol. The summed E-state index contributed by atoms with van der Waals surface area (Å²) in [7, 11) is 3.20. The average molecular weight is 548 g/mol. The van der Waals surface area contributed by atoms with Crippen molar-refractivity contribution in [1.29, 1.82) is 0 Å². The third kappa shape index (κ3) is 6.52. The molecule has 0 radical (unpaired) electrons. The number of halogens is 2. The molecule has 0 saturated heterocycles.